The summed E-state index contributed by atoms with van der Waals surface area (Å²) in [4.78, 5) is 11.4. The van der Waals surface area contributed by atoms with Crippen LogP contribution >= 0.6 is 11.6 Å². The van der Waals surface area contributed by atoms with Crippen LogP contribution in [-0.2, 0) is 11.8 Å². The molecule has 1 amide bonds. The molecule has 0 saturated heterocycles. The number of aromatic nitrogens is 2. The molecule has 6 heteroatoms. The van der Waals surface area contributed by atoms with Gasteiger partial charge in [0.15, 0.2) is 0 Å². The number of alkyl carbamates (subject to hydrolysis) is 1. The Morgan fingerprint density at radius 1 is 1.53 bits per heavy atom. The van der Waals surface area contributed by atoms with Gasteiger partial charge in [-0.15, -0.1) is 0 Å². The lowest BCUT2D eigenvalue weighted by molar-refractivity contribution is 0.0534. The maximum atomic E-state index is 11.4. The monoisotopic (exact) mass is 285 g/mol. The number of halogens is 1. The van der Waals surface area contributed by atoms with Crippen LogP contribution in [0.2, 0.25) is 5.15 Å². The van der Waals surface area contributed by atoms with Crippen molar-refractivity contribution >= 4 is 23.8 Å². The first kappa shape index (κ1) is 15.6. The summed E-state index contributed by atoms with van der Waals surface area (Å²) in [5, 5.41) is 7.41. The van der Waals surface area contributed by atoms with Crippen molar-refractivity contribution < 1.29 is 9.53 Å². The average molecular weight is 286 g/mol. The third kappa shape index (κ3) is 4.95. The fourth-order valence-electron chi connectivity index (χ4n) is 1.47. The number of hydrogen-bond donors (Lipinski definition) is 1. The molecule has 0 aliphatic rings. The third-order valence-corrected chi connectivity index (χ3v) is 2.69. The number of ether oxygens (including phenoxy) is 1. The molecule has 0 aromatic carbocycles. The maximum absolute atomic E-state index is 11.4. The highest BCUT2D eigenvalue weighted by Crippen LogP contribution is 2.19. The molecule has 1 rings (SSSR count). The van der Waals surface area contributed by atoms with E-state index in [0.717, 1.165) is 11.3 Å². The highest BCUT2D eigenvalue weighted by Gasteiger charge is 2.15. The van der Waals surface area contributed by atoms with Gasteiger partial charge in [0.05, 0.1) is 5.69 Å². The molecule has 0 radical (unpaired) electrons. The van der Waals surface area contributed by atoms with Crippen molar-refractivity contribution in [1.82, 2.24) is 15.1 Å². The van der Waals surface area contributed by atoms with Crippen LogP contribution < -0.4 is 5.32 Å². The van der Waals surface area contributed by atoms with Crippen LogP contribution in [0.1, 0.15) is 32.0 Å². The molecule has 0 aliphatic carbocycles. The minimum absolute atomic E-state index is 0.375. The zero-order valence-electron chi connectivity index (χ0n) is 12.0. The predicted molar refractivity (Wildman–Crippen MR) is 76.2 cm³/mol. The van der Waals surface area contributed by atoms with Gasteiger partial charge in [-0.25, -0.2) is 4.79 Å². The normalized spacial score (nSPS) is 11.9. The van der Waals surface area contributed by atoms with Crippen molar-refractivity contribution in [3.8, 4) is 0 Å². The number of aryl methyl sites for hydroxylation is 2. The van der Waals surface area contributed by atoms with E-state index < -0.39 is 11.7 Å². The first-order valence-corrected chi connectivity index (χ1v) is 6.41. The highest BCUT2D eigenvalue weighted by molar-refractivity contribution is 6.31. The zero-order chi connectivity index (χ0) is 14.6. The van der Waals surface area contributed by atoms with Crippen molar-refractivity contribution in [1.29, 1.82) is 0 Å². The van der Waals surface area contributed by atoms with Crippen LogP contribution in [0.3, 0.4) is 0 Å². The smallest absolute Gasteiger partial charge is 0.407 e. The Kier molecular flexibility index (Phi) is 5.00. The van der Waals surface area contributed by atoms with E-state index in [1.807, 2.05) is 33.8 Å². The van der Waals surface area contributed by atoms with E-state index in [2.05, 4.69) is 10.4 Å². The summed E-state index contributed by atoms with van der Waals surface area (Å²) in [5.41, 5.74) is 1.22. The van der Waals surface area contributed by atoms with E-state index in [1.54, 1.807) is 17.8 Å². The van der Waals surface area contributed by atoms with Crippen LogP contribution in [0, 0.1) is 6.92 Å². The van der Waals surface area contributed by atoms with Crippen LogP contribution in [0.15, 0.2) is 6.08 Å². The maximum Gasteiger partial charge on any atom is 0.407 e. The third-order valence-electron chi connectivity index (χ3n) is 2.24. The quantitative estimate of drug-likeness (QED) is 0.929. The second-order valence-electron chi connectivity index (χ2n) is 5.20. The van der Waals surface area contributed by atoms with Crippen LogP contribution in [-0.4, -0.2) is 28.0 Å². The fourth-order valence-corrected chi connectivity index (χ4v) is 1.71. The highest BCUT2D eigenvalue weighted by atomic mass is 35.5. The fraction of sp³-hybridized carbons (Fsp3) is 0.538. The summed E-state index contributed by atoms with van der Waals surface area (Å²) in [6.07, 6.45) is 3.20. The first-order valence-electron chi connectivity index (χ1n) is 6.03. The van der Waals surface area contributed by atoms with Gasteiger partial charge >= 0.3 is 6.09 Å². The Morgan fingerprint density at radius 3 is 2.63 bits per heavy atom. The summed E-state index contributed by atoms with van der Waals surface area (Å²) in [6, 6.07) is 0. The molecule has 0 atom stereocenters. The van der Waals surface area contributed by atoms with Gasteiger partial charge in [-0.1, -0.05) is 23.8 Å². The Morgan fingerprint density at radius 2 is 2.16 bits per heavy atom. The second kappa shape index (κ2) is 6.10. The second-order valence-corrected chi connectivity index (χ2v) is 5.56. The molecule has 0 bridgehead atoms. The Balaban J connectivity index is 2.49. The zero-order valence-corrected chi connectivity index (χ0v) is 12.7. The number of nitrogens with one attached hydrogen (secondary N) is 1. The van der Waals surface area contributed by atoms with E-state index >= 15 is 0 Å². The van der Waals surface area contributed by atoms with Gasteiger partial charge in [0, 0.05) is 19.2 Å². The first-order chi connectivity index (χ1) is 8.70. The summed E-state index contributed by atoms with van der Waals surface area (Å²) >= 11 is 6.08. The lowest BCUT2D eigenvalue weighted by Gasteiger charge is -2.19. The molecular weight excluding hydrogens is 266 g/mol. The van der Waals surface area contributed by atoms with E-state index in [0.29, 0.717) is 11.7 Å². The van der Waals surface area contributed by atoms with Crippen molar-refractivity contribution in [2.45, 2.75) is 33.3 Å². The van der Waals surface area contributed by atoms with Gasteiger partial charge in [0.25, 0.3) is 0 Å². The molecule has 1 heterocycles. The van der Waals surface area contributed by atoms with Gasteiger partial charge in [-0.3, -0.25) is 4.68 Å². The predicted octanol–water partition coefficient (Wildman–Crippen LogP) is 2.92. The molecule has 1 aromatic rings. The number of rotatable bonds is 3. The van der Waals surface area contributed by atoms with E-state index in [-0.39, 0.29) is 0 Å². The van der Waals surface area contributed by atoms with Crippen molar-refractivity contribution in [3.05, 3.63) is 22.5 Å². The molecule has 5 nitrogen and oxygen atoms in total. The SMILES string of the molecule is Cc1nn(C)c(Cl)c1C=CCNC(=O)OC(C)(C)C. The number of hydrogen-bond acceptors (Lipinski definition) is 3. The Hall–Kier alpha value is -1.49. The van der Waals surface area contributed by atoms with Crippen LogP contribution in [0.5, 0.6) is 0 Å². The molecule has 0 fully saturated rings. The molecule has 19 heavy (non-hydrogen) atoms. The van der Waals surface area contributed by atoms with Gasteiger partial charge in [-0.2, -0.15) is 5.10 Å². The minimum Gasteiger partial charge on any atom is -0.444 e. The molecule has 0 unspecified atom stereocenters. The van der Waals surface area contributed by atoms with Crippen LogP contribution in [0.25, 0.3) is 6.08 Å². The minimum atomic E-state index is -0.489. The molecule has 0 aliphatic heterocycles. The molecule has 1 aromatic heterocycles. The number of amides is 1. The number of carbonyl (C=O) groups is 1. The Labute approximate surface area is 118 Å². The van der Waals surface area contributed by atoms with Crippen molar-refractivity contribution in [3.63, 3.8) is 0 Å². The number of carbonyl (C=O) groups excluding carboxylic acids is 1. The molecule has 0 spiro atoms. The van der Waals surface area contributed by atoms with E-state index in [4.69, 9.17) is 16.3 Å². The topological polar surface area (TPSA) is 56.2 Å². The summed E-state index contributed by atoms with van der Waals surface area (Å²) in [5.74, 6) is 0. The van der Waals surface area contributed by atoms with Crippen molar-refractivity contribution in [2.75, 3.05) is 6.54 Å². The Bertz CT molecular complexity index is 487. The largest absolute Gasteiger partial charge is 0.444 e. The molecule has 106 valence electrons. The standard InChI is InChI=1S/C13H20ClN3O2/c1-9-10(11(14)17(5)16-9)7-6-8-15-12(18)19-13(2,3)4/h6-7H,8H2,1-5H3,(H,15,18). The van der Waals surface area contributed by atoms with Gasteiger partial charge < -0.3 is 10.1 Å². The van der Waals surface area contributed by atoms with E-state index in [1.165, 1.54) is 0 Å². The molecular formula is C13H20ClN3O2. The summed E-state index contributed by atoms with van der Waals surface area (Å²) < 4.78 is 6.72. The van der Waals surface area contributed by atoms with E-state index in [9.17, 15) is 4.79 Å². The van der Waals surface area contributed by atoms with Crippen molar-refractivity contribution in [2.24, 2.45) is 7.05 Å². The van der Waals surface area contributed by atoms with Gasteiger partial charge in [0.1, 0.15) is 10.8 Å². The van der Waals surface area contributed by atoms with Gasteiger partial charge in [-0.05, 0) is 27.7 Å². The lowest BCUT2D eigenvalue weighted by Crippen LogP contribution is -2.32. The van der Waals surface area contributed by atoms with Gasteiger partial charge in [0.2, 0.25) is 0 Å². The van der Waals surface area contributed by atoms with Crippen LogP contribution in [0.4, 0.5) is 4.79 Å². The number of nitrogens with zero attached hydrogens (tertiary/aromatic N) is 2. The lowest BCUT2D eigenvalue weighted by atomic mass is 10.2. The molecule has 1 N–H and O–H groups in total. The summed E-state index contributed by atoms with van der Waals surface area (Å²) in [7, 11) is 1.78. The molecule has 0 saturated carbocycles. The average Bonchev–Trinajstić information content (AvgIpc) is 2.47. The summed E-state index contributed by atoms with van der Waals surface area (Å²) in [6.45, 7) is 7.72.